The number of aromatic nitrogens is 3. The van der Waals surface area contributed by atoms with Gasteiger partial charge in [0, 0.05) is 18.2 Å². The van der Waals surface area contributed by atoms with Crippen LogP contribution in [0.2, 0.25) is 5.02 Å². The third-order valence-corrected chi connectivity index (χ3v) is 3.13. The van der Waals surface area contributed by atoms with Gasteiger partial charge in [-0.2, -0.15) is 5.10 Å². The molecule has 1 N–H and O–H groups in total. The number of nitrogens with zero attached hydrogens (tertiary/aromatic N) is 3. The minimum Gasteiger partial charge on any atom is -0.359 e. The number of halogens is 1. The number of hydrogen-bond donors (Lipinski definition) is 1. The van der Waals surface area contributed by atoms with Crippen LogP contribution in [0.4, 0.5) is 0 Å². The van der Waals surface area contributed by atoms with Crippen molar-refractivity contribution in [2.75, 3.05) is 0 Å². The molecule has 0 aromatic carbocycles. The highest BCUT2D eigenvalue weighted by molar-refractivity contribution is 6.31. The molecule has 0 aliphatic heterocycles. The molecule has 0 radical (unpaired) electrons. The summed E-state index contributed by atoms with van der Waals surface area (Å²) in [6.45, 7) is 9.50. The van der Waals surface area contributed by atoms with E-state index in [0.717, 1.165) is 17.1 Å². The summed E-state index contributed by atoms with van der Waals surface area (Å²) < 4.78 is 7.10. The van der Waals surface area contributed by atoms with Crippen LogP contribution >= 0.6 is 11.6 Å². The van der Waals surface area contributed by atoms with Gasteiger partial charge < -0.3 is 9.84 Å². The zero-order valence-electron chi connectivity index (χ0n) is 11.7. The Bertz CT molecular complexity index is 553. The second kappa shape index (κ2) is 5.35. The predicted molar refractivity (Wildman–Crippen MR) is 74.2 cm³/mol. The van der Waals surface area contributed by atoms with Crippen molar-refractivity contribution >= 4 is 11.6 Å². The van der Waals surface area contributed by atoms with Crippen molar-refractivity contribution in [2.45, 2.75) is 46.3 Å². The van der Waals surface area contributed by atoms with E-state index in [1.165, 1.54) is 0 Å². The Morgan fingerprint density at radius 3 is 2.74 bits per heavy atom. The van der Waals surface area contributed by atoms with Crippen LogP contribution in [0, 0.1) is 6.92 Å². The van der Waals surface area contributed by atoms with E-state index in [1.807, 2.05) is 13.0 Å². The molecule has 0 bridgehead atoms. The van der Waals surface area contributed by atoms with E-state index < -0.39 is 0 Å². The molecule has 2 rings (SSSR count). The van der Waals surface area contributed by atoms with Gasteiger partial charge in [-0.05, 0) is 27.7 Å². The number of rotatable bonds is 4. The fraction of sp³-hybridized carbons (Fsp3) is 0.538. The number of nitrogens with one attached hydrogen (secondary N) is 1. The minimum absolute atomic E-state index is 0.0607. The highest BCUT2D eigenvalue weighted by Crippen LogP contribution is 2.15. The summed E-state index contributed by atoms with van der Waals surface area (Å²) in [5, 5.41) is 12.3. The normalized spacial score (nSPS) is 12.1. The molecule has 0 saturated carbocycles. The average Bonchev–Trinajstić information content (AvgIpc) is 2.88. The van der Waals surface area contributed by atoms with E-state index in [9.17, 15) is 0 Å². The van der Waals surface area contributed by atoms with Gasteiger partial charge in [-0.25, -0.2) is 0 Å². The Hall–Kier alpha value is -1.33. The molecule has 5 nitrogen and oxygen atoms in total. The molecule has 2 aromatic rings. The molecule has 0 aliphatic carbocycles. The first-order valence-electron chi connectivity index (χ1n) is 6.22. The lowest BCUT2D eigenvalue weighted by molar-refractivity contribution is 0.356. The molecule has 19 heavy (non-hydrogen) atoms. The summed E-state index contributed by atoms with van der Waals surface area (Å²) in [6.07, 6.45) is 1.63. The summed E-state index contributed by atoms with van der Waals surface area (Å²) in [4.78, 5) is 0. The van der Waals surface area contributed by atoms with Gasteiger partial charge in [0.15, 0.2) is 5.76 Å². The molecule has 0 fully saturated rings. The molecule has 0 spiro atoms. The van der Waals surface area contributed by atoms with Gasteiger partial charge in [-0.3, -0.25) is 4.68 Å². The lowest BCUT2D eigenvalue weighted by Gasteiger charge is -2.19. The molecular weight excluding hydrogens is 264 g/mol. The third-order valence-electron chi connectivity index (χ3n) is 2.76. The van der Waals surface area contributed by atoms with Crippen molar-refractivity contribution in [3.05, 3.63) is 34.4 Å². The Kier molecular flexibility index (Phi) is 3.96. The summed E-state index contributed by atoms with van der Waals surface area (Å²) in [6, 6.07) is 1.94. The van der Waals surface area contributed by atoms with Crippen LogP contribution in [0.15, 0.2) is 16.8 Å². The minimum atomic E-state index is 0.0607. The van der Waals surface area contributed by atoms with Gasteiger partial charge in [0.05, 0.1) is 22.6 Å². The monoisotopic (exact) mass is 282 g/mol. The molecule has 0 aliphatic rings. The highest BCUT2D eigenvalue weighted by Gasteiger charge is 2.12. The van der Waals surface area contributed by atoms with Gasteiger partial charge >= 0.3 is 0 Å². The van der Waals surface area contributed by atoms with E-state index in [1.54, 1.807) is 10.9 Å². The third kappa shape index (κ3) is 3.81. The van der Waals surface area contributed by atoms with Crippen LogP contribution in [0.3, 0.4) is 0 Å². The van der Waals surface area contributed by atoms with Crippen LogP contribution in [0.1, 0.15) is 37.9 Å². The molecule has 2 aromatic heterocycles. The zero-order valence-corrected chi connectivity index (χ0v) is 12.5. The van der Waals surface area contributed by atoms with Crippen LogP contribution in [0.5, 0.6) is 0 Å². The molecule has 6 heteroatoms. The highest BCUT2D eigenvalue weighted by atomic mass is 35.5. The fourth-order valence-corrected chi connectivity index (χ4v) is 1.74. The topological polar surface area (TPSA) is 55.9 Å². The smallest absolute Gasteiger partial charge is 0.158 e. The largest absolute Gasteiger partial charge is 0.359 e. The molecule has 0 saturated heterocycles. The lowest BCUT2D eigenvalue weighted by Crippen LogP contribution is -2.35. The van der Waals surface area contributed by atoms with E-state index in [2.05, 4.69) is 36.3 Å². The fourth-order valence-electron chi connectivity index (χ4n) is 1.60. The van der Waals surface area contributed by atoms with E-state index >= 15 is 0 Å². The van der Waals surface area contributed by atoms with E-state index in [0.29, 0.717) is 18.1 Å². The van der Waals surface area contributed by atoms with E-state index in [-0.39, 0.29) is 5.54 Å². The summed E-state index contributed by atoms with van der Waals surface area (Å²) in [5.74, 6) is 0.772. The first-order chi connectivity index (χ1) is 8.85. The van der Waals surface area contributed by atoms with Crippen molar-refractivity contribution in [1.29, 1.82) is 0 Å². The standard InChI is InChI=1S/C13H19ClN4O/c1-9-12(14)7-16-18(9)8-11-5-10(17-19-11)6-15-13(2,3)4/h5,7,15H,6,8H2,1-4H3. The summed E-state index contributed by atoms with van der Waals surface area (Å²) in [7, 11) is 0. The second-order valence-corrected chi connectivity index (χ2v) is 6.03. The van der Waals surface area contributed by atoms with Crippen LogP contribution in [0.25, 0.3) is 0 Å². The Morgan fingerprint density at radius 1 is 1.42 bits per heavy atom. The van der Waals surface area contributed by atoms with E-state index in [4.69, 9.17) is 16.1 Å². The molecule has 0 amide bonds. The summed E-state index contributed by atoms with van der Waals surface area (Å²) >= 11 is 5.96. The first-order valence-corrected chi connectivity index (χ1v) is 6.60. The Balaban J connectivity index is 2.00. The second-order valence-electron chi connectivity index (χ2n) is 5.62. The van der Waals surface area contributed by atoms with Gasteiger partial charge in [0.1, 0.15) is 6.54 Å². The maximum absolute atomic E-state index is 5.96. The summed E-state index contributed by atoms with van der Waals surface area (Å²) in [5.41, 5.74) is 1.87. The molecule has 2 heterocycles. The zero-order chi connectivity index (χ0) is 14.0. The number of hydrogen-bond acceptors (Lipinski definition) is 4. The van der Waals surface area contributed by atoms with Crippen LogP contribution in [-0.2, 0) is 13.1 Å². The Morgan fingerprint density at radius 2 is 2.16 bits per heavy atom. The van der Waals surface area contributed by atoms with Crippen molar-refractivity contribution in [2.24, 2.45) is 0 Å². The molecule has 0 unspecified atom stereocenters. The Labute approximate surface area is 117 Å². The molecule has 0 atom stereocenters. The SMILES string of the molecule is Cc1c(Cl)cnn1Cc1cc(CNC(C)(C)C)no1. The van der Waals surface area contributed by atoms with Crippen molar-refractivity contribution < 1.29 is 4.52 Å². The van der Waals surface area contributed by atoms with Gasteiger partial charge in [-0.1, -0.05) is 16.8 Å². The van der Waals surface area contributed by atoms with Crippen molar-refractivity contribution in [1.82, 2.24) is 20.3 Å². The van der Waals surface area contributed by atoms with Crippen LogP contribution in [-0.4, -0.2) is 20.5 Å². The predicted octanol–water partition coefficient (Wildman–Crippen LogP) is 2.77. The first kappa shape index (κ1) is 14.1. The van der Waals surface area contributed by atoms with Gasteiger partial charge in [0.2, 0.25) is 0 Å². The lowest BCUT2D eigenvalue weighted by atomic mass is 10.1. The molecule has 104 valence electrons. The van der Waals surface area contributed by atoms with Crippen molar-refractivity contribution in [3.8, 4) is 0 Å². The van der Waals surface area contributed by atoms with Crippen LogP contribution < -0.4 is 5.32 Å². The quantitative estimate of drug-likeness (QED) is 0.937. The molecular formula is C13H19ClN4O. The average molecular weight is 283 g/mol. The van der Waals surface area contributed by atoms with Crippen molar-refractivity contribution in [3.63, 3.8) is 0 Å². The van der Waals surface area contributed by atoms with Gasteiger partial charge in [-0.15, -0.1) is 0 Å². The van der Waals surface area contributed by atoms with Gasteiger partial charge in [0.25, 0.3) is 0 Å². The maximum Gasteiger partial charge on any atom is 0.158 e. The maximum atomic E-state index is 5.96.